The Morgan fingerprint density at radius 2 is 2.00 bits per heavy atom. The molecular formula is C5H13BO4. The van der Waals surface area contributed by atoms with Crippen molar-refractivity contribution in [2.45, 2.75) is 13.8 Å². The Bertz CT molecular complexity index is 66.0. The zero-order chi connectivity index (χ0) is 7.98. The van der Waals surface area contributed by atoms with Gasteiger partial charge in [-0.2, -0.15) is 0 Å². The minimum atomic E-state index is -1.73. The molecule has 0 spiro atoms. The van der Waals surface area contributed by atoms with E-state index in [2.05, 4.69) is 4.65 Å². The molecule has 4 nitrogen and oxygen atoms in total. The van der Waals surface area contributed by atoms with E-state index in [1.807, 2.05) is 13.8 Å². The van der Waals surface area contributed by atoms with E-state index in [9.17, 15) is 0 Å². The molecule has 0 atom stereocenters. The first-order valence-electron chi connectivity index (χ1n) is 3.18. The summed E-state index contributed by atoms with van der Waals surface area (Å²) in [6.45, 7) is 4.48. The number of rotatable bonds is 5. The van der Waals surface area contributed by atoms with Crippen molar-refractivity contribution in [3.05, 3.63) is 0 Å². The van der Waals surface area contributed by atoms with Gasteiger partial charge in [-0.05, 0) is 5.92 Å². The highest BCUT2D eigenvalue weighted by Crippen LogP contribution is 1.91. The van der Waals surface area contributed by atoms with Crippen LogP contribution in [0.4, 0.5) is 0 Å². The van der Waals surface area contributed by atoms with Gasteiger partial charge >= 0.3 is 7.32 Å². The minimum Gasteiger partial charge on any atom is -0.402 e. The number of ether oxygens (including phenoxy) is 1. The van der Waals surface area contributed by atoms with E-state index in [4.69, 9.17) is 14.8 Å². The molecule has 0 aromatic carbocycles. The van der Waals surface area contributed by atoms with E-state index in [1.54, 1.807) is 0 Å². The van der Waals surface area contributed by atoms with Gasteiger partial charge in [0.2, 0.25) is 0 Å². The SMILES string of the molecule is CC(C)COCOB(O)O. The summed E-state index contributed by atoms with van der Waals surface area (Å²) in [5.41, 5.74) is 0. The van der Waals surface area contributed by atoms with Crippen LogP contribution in [0.15, 0.2) is 0 Å². The Morgan fingerprint density at radius 3 is 2.40 bits per heavy atom. The molecular weight excluding hydrogens is 135 g/mol. The Morgan fingerprint density at radius 1 is 1.40 bits per heavy atom. The van der Waals surface area contributed by atoms with Gasteiger partial charge in [0.05, 0.1) is 6.61 Å². The van der Waals surface area contributed by atoms with Gasteiger partial charge in [0.15, 0.2) is 0 Å². The highest BCUT2D eigenvalue weighted by molar-refractivity contribution is 6.32. The highest BCUT2D eigenvalue weighted by atomic mass is 16.7. The molecule has 0 heterocycles. The molecule has 0 bridgehead atoms. The van der Waals surface area contributed by atoms with Crippen molar-refractivity contribution in [2.75, 3.05) is 13.4 Å². The van der Waals surface area contributed by atoms with E-state index in [-0.39, 0.29) is 6.79 Å². The average Bonchev–Trinajstić information content (AvgIpc) is 1.79. The predicted molar refractivity (Wildman–Crippen MR) is 36.9 cm³/mol. The zero-order valence-corrected chi connectivity index (χ0v) is 6.28. The summed E-state index contributed by atoms with van der Waals surface area (Å²) < 4.78 is 9.14. The van der Waals surface area contributed by atoms with E-state index in [1.165, 1.54) is 0 Å². The Hall–Kier alpha value is -0.0951. The molecule has 5 heteroatoms. The monoisotopic (exact) mass is 148 g/mol. The fourth-order valence-corrected chi connectivity index (χ4v) is 0.393. The van der Waals surface area contributed by atoms with Crippen molar-refractivity contribution in [2.24, 2.45) is 5.92 Å². The van der Waals surface area contributed by atoms with Gasteiger partial charge < -0.3 is 19.4 Å². The van der Waals surface area contributed by atoms with Gasteiger partial charge in [-0.1, -0.05) is 13.8 Å². The summed E-state index contributed by atoms with van der Waals surface area (Å²) in [4.78, 5) is 0. The molecule has 0 aliphatic carbocycles. The Kier molecular flexibility index (Phi) is 5.62. The van der Waals surface area contributed by atoms with Crippen molar-refractivity contribution in [1.29, 1.82) is 0 Å². The standard InChI is InChI=1S/C5H13BO4/c1-5(2)3-9-4-10-6(7)8/h5,7-8H,3-4H2,1-2H3. The maximum atomic E-state index is 8.17. The lowest BCUT2D eigenvalue weighted by Gasteiger charge is -2.06. The second kappa shape index (κ2) is 5.67. The van der Waals surface area contributed by atoms with Gasteiger partial charge in [0, 0.05) is 0 Å². The van der Waals surface area contributed by atoms with Crippen molar-refractivity contribution in [3.8, 4) is 0 Å². The Balaban J connectivity index is 2.91. The third kappa shape index (κ3) is 7.90. The van der Waals surface area contributed by atoms with Crippen molar-refractivity contribution >= 4 is 7.32 Å². The van der Waals surface area contributed by atoms with Crippen LogP contribution in [0.5, 0.6) is 0 Å². The molecule has 0 rings (SSSR count). The third-order valence-corrected chi connectivity index (χ3v) is 0.752. The summed E-state index contributed by atoms with van der Waals surface area (Å²) in [5.74, 6) is 0.430. The summed E-state index contributed by atoms with van der Waals surface area (Å²) >= 11 is 0. The second-order valence-corrected chi connectivity index (χ2v) is 2.38. The quantitative estimate of drug-likeness (QED) is 0.316. The largest absolute Gasteiger partial charge is 0.635 e. The van der Waals surface area contributed by atoms with Crippen molar-refractivity contribution in [1.82, 2.24) is 0 Å². The topological polar surface area (TPSA) is 58.9 Å². The number of hydrogen-bond acceptors (Lipinski definition) is 4. The summed E-state index contributed by atoms with van der Waals surface area (Å²) in [7, 11) is -1.73. The minimum absolute atomic E-state index is 0.0736. The maximum absolute atomic E-state index is 8.17. The molecule has 0 amide bonds. The summed E-state index contributed by atoms with van der Waals surface area (Å²) in [6.07, 6.45) is 0. The highest BCUT2D eigenvalue weighted by Gasteiger charge is 2.06. The third-order valence-electron chi connectivity index (χ3n) is 0.752. The summed E-state index contributed by atoms with van der Waals surface area (Å²) in [5, 5.41) is 16.3. The number of hydrogen-bond donors (Lipinski definition) is 2. The molecule has 0 unspecified atom stereocenters. The van der Waals surface area contributed by atoms with Gasteiger partial charge in [-0.3, -0.25) is 0 Å². The van der Waals surface area contributed by atoms with Crippen LogP contribution in [0.25, 0.3) is 0 Å². The molecule has 0 aromatic heterocycles. The smallest absolute Gasteiger partial charge is 0.402 e. The lowest BCUT2D eigenvalue weighted by atomic mass is 10.2. The second-order valence-electron chi connectivity index (χ2n) is 2.38. The summed E-state index contributed by atoms with van der Waals surface area (Å²) in [6, 6.07) is 0. The molecule has 60 valence electrons. The Labute approximate surface area is 60.9 Å². The van der Waals surface area contributed by atoms with Crippen LogP contribution >= 0.6 is 0 Å². The lowest BCUT2D eigenvalue weighted by Crippen LogP contribution is -2.19. The van der Waals surface area contributed by atoms with Gasteiger partial charge in [0.25, 0.3) is 0 Å². The fourth-order valence-electron chi connectivity index (χ4n) is 0.393. The van der Waals surface area contributed by atoms with Crippen LogP contribution < -0.4 is 0 Å². The average molecular weight is 148 g/mol. The molecule has 0 aromatic rings. The lowest BCUT2D eigenvalue weighted by molar-refractivity contribution is -0.0208. The van der Waals surface area contributed by atoms with E-state index in [0.717, 1.165) is 0 Å². The van der Waals surface area contributed by atoms with Crippen LogP contribution in [0.1, 0.15) is 13.8 Å². The first kappa shape index (κ1) is 9.90. The molecule has 0 radical (unpaired) electrons. The van der Waals surface area contributed by atoms with Gasteiger partial charge in [-0.25, -0.2) is 0 Å². The molecule has 10 heavy (non-hydrogen) atoms. The zero-order valence-electron chi connectivity index (χ0n) is 6.28. The maximum Gasteiger partial charge on any atom is 0.635 e. The van der Waals surface area contributed by atoms with E-state index >= 15 is 0 Å². The van der Waals surface area contributed by atoms with Crippen LogP contribution in [-0.2, 0) is 9.39 Å². The van der Waals surface area contributed by atoms with Crippen LogP contribution in [0.3, 0.4) is 0 Å². The van der Waals surface area contributed by atoms with Crippen LogP contribution in [-0.4, -0.2) is 30.8 Å². The van der Waals surface area contributed by atoms with Crippen molar-refractivity contribution in [3.63, 3.8) is 0 Å². The van der Waals surface area contributed by atoms with Gasteiger partial charge in [-0.15, -0.1) is 0 Å². The predicted octanol–water partition coefficient (Wildman–Crippen LogP) is -0.397. The van der Waals surface area contributed by atoms with E-state index < -0.39 is 7.32 Å². The van der Waals surface area contributed by atoms with Crippen LogP contribution in [0, 0.1) is 5.92 Å². The molecule has 0 fully saturated rings. The molecule has 0 saturated heterocycles. The molecule has 0 aliphatic heterocycles. The fraction of sp³-hybridized carbons (Fsp3) is 1.00. The molecule has 0 saturated carbocycles. The molecule has 0 aliphatic rings. The van der Waals surface area contributed by atoms with Crippen molar-refractivity contribution < 1.29 is 19.4 Å². The normalized spacial score (nSPS) is 10.5. The molecule has 2 N–H and O–H groups in total. The van der Waals surface area contributed by atoms with Crippen LogP contribution in [0.2, 0.25) is 0 Å². The van der Waals surface area contributed by atoms with E-state index in [0.29, 0.717) is 12.5 Å². The first-order valence-corrected chi connectivity index (χ1v) is 3.18. The van der Waals surface area contributed by atoms with Gasteiger partial charge in [0.1, 0.15) is 6.79 Å². The first-order chi connectivity index (χ1) is 4.63.